The molecule has 0 atom stereocenters. The molecule has 102 valence electrons. The fourth-order valence-electron chi connectivity index (χ4n) is 2.06. The van der Waals surface area contributed by atoms with Gasteiger partial charge in [0.1, 0.15) is 12.0 Å². The molecule has 3 rings (SSSR count). The molecule has 0 radical (unpaired) electrons. The number of rotatable bonds is 5. The smallest absolute Gasteiger partial charge is 0.231 e. The molecule has 1 aliphatic rings. The van der Waals surface area contributed by atoms with Crippen molar-refractivity contribution in [3.63, 3.8) is 0 Å². The van der Waals surface area contributed by atoms with E-state index in [1.807, 2.05) is 24.3 Å². The van der Waals surface area contributed by atoms with E-state index >= 15 is 0 Å². The highest BCUT2D eigenvalue weighted by Crippen LogP contribution is 2.32. The summed E-state index contributed by atoms with van der Waals surface area (Å²) >= 11 is 0. The highest BCUT2D eigenvalue weighted by Gasteiger charge is 2.12. The summed E-state index contributed by atoms with van der Waals surface area (Å²) in [5.41, 5.74) is 1.74. The van der Waals surface area contributed by atoms with Crippen LogP contribution in [-0.2, 0) is 6.42 Å². The van der Waals surface area contributed by atoms with Crippen molar-refractivity contribution in [1.82, 2.24) is 0 Å². The Morgan fingerprint density at radius 1 is 1.10 bits per heavy atom. The Hall–Kier alpha value is -2.49. The van der Waals surface area contributed by atoms with E-state index in [9.17, 15) is 4.79 Å². The van der Waals surface area contributed by atoms with Crippen LogP contribution in [0.1, 0.15) is 15.9 Å². The van der Waals surface area contributed by atoms with Crippen molar-refractivity contribution >= 4 is 6.29 Å². The maximum atomic E-state index is 10.7. The normalized spacial score (nSPS) is 12.2. The van der Waals surface area contributed by atoms with Crippen molar-refractivity contribution < 1.29 is 19.0 Å². The standard InChI is InChI=1S/C16H14O4/c17-10-13-2-1-3-14(8-13)18-7-6-12-4-5-15-16(9-12)20-11-19-15/h1-5,8-10H,6-7,11H2. The third kappa shape index (κ3) is 2.74. The minimum atomic E-state index is 0.285. The second-order valence-electron chi connectivity index (χ2n) is 4.48. The summed E-state index contributed by atoms with van der Waals surface area (Å²) in [7, 11) is 0. The zero-order valence-corrected chi connectivity index (χ0v) is 10.9. The third-order valence-corrected chi connectivity index (χ3v) is 3.09. The van der Waals surface area contributed by atoms with Crippen LogP contribution in [0.4, 0.5) is 0 Å². The van der Waals surface area contributed by atoms with Crippen LogP contribution in [0.25, 0.3) is 0 Å². The molecule has 0 unspecified atom stereocenters. The number of benzene rings is 2. The molecule has 4 nitrogen and oxygen atoms in total. The lowest BCUT2D eigenvalue weighted by Gasteiger charge is -2.07. The van der Waals surface area contributed by atoms with E-state index in [0.717, 1.165) is 29.8 Å². The van der Waals surface area contributed by atoms with E-state index in [4.69, 9.17) is 14.2 Å². The second kappa shape index (κ2) is 5.65. The first kappa shape index (κ1) is 12.5. The molecule has 0 aromatic heterocycles. The summed E-state index contributed by atoms with van der Waals surface area (Å²) in [6.45, 7) is 0.829. The van der Waals surface area contributed by atoms with Crippen LogP contribution in [0.5, 0.6) is 17.2 Å². The van der Waals surface area contributed by atoms with Gasteiger partial charge in [0.2, 0.25) is 6.79 Å². The highest BCUT2D eigenvalue weighted by molar-refractivity contribution is 5.75. The summed E-state index contributed by atoms with van der Waals surface area (Å²) in [5.74, 6) is 2.27. The molecular formula is C16H14O4. The minimum absolute atomic E-state index is 0.285. The van der Waals surface area contributed by atoms with E-state index in [1.54, 1.807) is 18.2 Å². The van der Waals surface area contributed by atoms with Crippen LogP contribution in [-0.4, -0.2) is 19.7 Å². The predicted molar refractivity (Wildman–Crippen MR) is 73.6 cm³/mol. The SMILES string of the molecule is O=Cc1cccc(OCCc2ccc3c(c2)OCO3)c1. The fraction of sp³-hybridized carbons (Fsp3) is 0.188. The van der Waals surface area contributed by atoms with Gasteiger partial charge >= 0.3 is 0 Å². The van der Waals surface area contributed by atoms with Crippen molar-refractivity contribution in [3.05, 3.63) is 53.6 Å². The number of carbonyl (C=O) groups excluding carboxylic acids is 1. The second-order valence-corrected chi connectivity index (χ2v) is 4.48. The van der Waals surface area contributed by atoms with Gasteiger partial charge in [0.25, 0.3) is 0 Å². The van der Waals surface area contributed by atoms with Gasteiger partial charge < -0.3 is 14.2 Å². The lowest BCUT2D eigenvalue weighted by molar-refractivity contribution is 0.112. The Balaban J connectivity index is 1.58. The van der Waals surface area contributed by atoms with Crippen LogP contribution in [0.2, 0.25) is 0 Å². The summed E-state index contributed by atoms with van der Waals surface area (Å²) in [4.78, 5) is 10.7. The Morgan fingerprint density at radius 3 is 2.90 bits per heavy atom. The van der Waals surface area contributed by atoms with Crippen molar-refractivity contribution in [1.29, 1.82) is 0 Å². The Labute approximate surface area is 116 Å². The maximum Gasteiger partial charge on any atom is 0.231 e. The largest absolute Gasteiger partial charge is 0.493 e. The highest BCUT2D eigenvalue weighted by atomic mass is 16.7. The van der Waals surface area contributed by atoms with Gasteiger partial charge in [-0.15, -0.1) is 0 Å². The molecule has 0 bridgehead atoms. The van der Waals surface area contributed by atoms with Gasteiger partial charge in [0, 0.05) is 12.0 Å². The molecule has 0 fully saturated rings. The molecule has 0 saturated heterocycles. The zero-order chi connectivity index (χ0) is 13.8. The molecule has 0 N–H and O–H groups in total. The Kier molecular flexibility index (Phi) is 3.54. The van der Waals surface area contributed by atoms with Gasteiger partial charge in [-0.1, -0.05) is 18.2 Å². The average molecular weight is 270 g/mol. The number of hydrogen-bond donors (Lipinski definition) is 0. The van der Waals surface area contributed by atoms with Crippen molar-refractivity contribution in [2.75, 3.05) is 13.4 Å². The van der Waals surface area contributed by atoms with Gasteiger partial charge in [0.05, 0.1) is 6.61 Å². The topological polar surface area (TPSA) is 44.8 Å². The molecule has 20 heavy (non-hydrogen) atoms. The summed E-state index contributed by atoms with van der Waals surface area (Å²) < 4.78 is 16.2. The van der Waals surface area contributed by atoms with Gasteiger partial charge in [-0.05, 0) is 29.8 Å². The predicted octanol–water partition coefficient (Wildman–Crippen LogP) is 2.85. The first-order chi connectivity index (χ1) is 9.85. The van der Waals surface area contributed by atoms with Crippen LogP contribution in [0, 0.1) is 0 Å². The molecular weight excluding hydrogens is 256 g/mol. The number of hydrogen-bond acceptors (Lipinski definition) is 4. The lowest BCUT2D eigenvalue weighted by Crippen LogP contribution is -2.01. The van der Waals surface area contributed by atoms with E-state index in [0.29, 0.717) is 17.9 Å². The summed E-state index contributed by atoms with van der Waals surface area (Å²) in [6.07, 6.45) is 1.58. The van der Waals surface area contributed by atoms with Gasteiger partial charge in [-0.25, -0.2) is 0 Å². The van der Waals surface area contributed by atoms with Crippen molar-refractivity contribution in [2.45, 2.75) is 6.42 Å². The van der Waals surface area contributed by atoms with E-state index in [-0.39, 0.29) is 6.79 Å². The first-order valence-electron chi connectivity index (χ1n) is 6.42. The van der Waals surface area contributed by atoms with Crippen LogP contribution in [0.15, 0.2) is 42.5 Å². The molecule has 2 aromatic rings. The number of carbonyl (C=O) groups is 1. The van der Waals surface area contributed by atoms with Crippen LogP contribution >= 0.6 is 0 Å². The fourth-order valence-corrected chi connectivity index (χ4v) is 2.06. The molecule has 0 amide bonds. The van der Waals surface area contributed by atoms with Crippen LogP contribution < -0.4 is 14.2 Å². The number of fused-ring (bicyclic) bond motifs is 1. The van der Waals surface area contributed by atoms with E-state index in [2.05, 4.69) is 0 Å². The number of ether oxygens (including phenoxy) is 3. The minimum Gasteiger partial charge on any atom is -0.493 e. The summed E-state index contributed by atoms with van der Waals surface area (Å²) in [6, 6.07) is 13.0. The van der Waals surface area contributed by atoms with Crippen molar-refractivity contribution in [3.8, 4) is 17.2 Å². The molecule has 0 saturated carbocycles. The van der Waals surface area contributed by atoms with Gasteiger partial charge in [0.15, 0.2) is 11.5 Å². The molecule has 4 heteroatoms. The molecule has 0 aliphatic carbocycles. The molecule has 1 heterocycles. The summed E-state index contributed by atoms with van der Waals surface area (Å²) in [5, 5.41) is 0. The zero-order valence-electron chi connectivity index (χ0n) is 10.9. The maximum absolute atomic E-state index is 10.7. The van der Waals surface area contributed by atoms with Crippen LogP contribution in [0.3, 0.4) is 0 Å². The van der Waals surface area contributed by atoms with E-state index in [1.165, 1.54) is 0 Å². The monoisotopic (exact) mass is 270 g/mol. The van der Waals surface area contributed by atoms with Crippen molar-refractivity contribution in [2.24, 2.45) is 0 Å². The molecule has 1 aliphatic heterocycles. The average Bonchev–Trinajstić information content (AvgIpc) is 2.95. The van der Waals surface area contributed by atoms with Gasteiger partial charge in [-0.2, -0.15) is 0 Å². The Bertz CT molecular complexity index is 622. The lowest BCUT2D eigenvalue weighted by atomic mass is 10.1. The molecule has 0 spiro atoms. The molecule has 2 aromatic carbocycles. The first-order valence-corrected chi connectivity index (χ1v) is 6.42. The quantitative estimate of drug-likeness (QED) is 0.784. The van der Waals surface area contributed by atoms with Gasteiger partial charge in [-0.3, -0.25) is 4.79 Å². The van der Waals surface area contributed by atoms with E-state index < -0.39 is 0 Å². The Morgan fingerprint density at radius 2 is 2.00 bits per heavy atom. The third-order valence-electron chi connectivity index (χ3n) is 3.09. The number of aldehydes is 1.